The lowest BCUT2D eigenvalue weighted by molar-refractivity contribution is 0.388. The highest BCUT2D eigenvalue weighted by molar-refractivity contribution is 5.48. The molecule has 0 bridgehead atoms. The first-order chi connectivity index (χ1) is 8.20. The molecule has 3 nitrogen and oxygen atoms in total. The number of para-hydroxylation sites is 1. The summed E-state index contributed by atoms with van der Waals surface area (Å²) in [6, 6.07) is 9.33. The third kappa shape index (κ3) is 2.75. The highest BCUT2D eigenvalue weighted by Crippen LogP contribution is 2.21. The van der Waals surface area contributed by atoms with Gasteiger partial charge in [0.15, 0.2) is 0 Å². The lowest BCUT2D eigenvalue weighted by Crippen LogP contribution is -2.55. The minimum absolute atomic E-state index is 0.114. The Morgan fingerprint density at radius 3 is 2.94 bits per heavy atom. The number of rotatable bonds is 2. The van der Waals surface area contributed by atoms with Crippen LogP contribution in [0.2, 0.25) is 0 Å². The van der Waals surface area contributed by atoms with E-state index in [-0.39, 0.29) is 17.9 Å². The van der Waals surface area contributed by atoms with E-state index in [1.54, 1.807) is 12.1 Å². The third-order valence-corrected chi connectivity index (χ3v) is 2.99. The molecule has 1 fully saturated rings. The van der Waals surface area contributed by atoms with Crippen LogP contribution in [0.5, 0.6) is 0 Å². The number of piperazine rings is 1. The first-order valence-corrected chi connectivity index (χ1v) is 5.83. The van der Waals surface area contributed by atoms with Gasteiger partial charge in [0.05, 0.1) is 18.2 Å². The molecular weight excluding hydrogens is 217 g/mol. The first-order valence-electron chi connectivity index (χ1n) is 5.83. The van der Waals surface area contributed by atoms with Crippen molar-refractivity contribution >= 4 is 5.69 Å². The van der Waals surface area contributed by atoms with Crippen LogP contribution >= 0.6 is 0 Å². The summed E-state index contributed by atoms with van der Waals surface area (Å²) in [6.45, 7) is 3.50. The van der Waals surface area contributed by atoms with E-state index >= 15 is 0 Å². The van der Waals surface area contributed by atoms with E-state index < -0.39 is 0 Å². The van der Waals surface area contributed by atoms with Gasteiger partial charge in [-0.25, -0.2) is 4.39 Å². The van der Waals surface area contributed by atoms with Gasteiger partial charge in [-0.1, -0.05) is 12.1 Å². The molecule has 1 aliphatic rings. The number of nitriles is 1. The summed E-state index contributed by atoms with van der Waals surface area (Å²) < 4.78 is 13.7. The van der Waals surface area contributed by atoms with Gasteiger partial charge in [0.2, 0.25) is 0 Å². The second-order valence-electron chi connectivity index (χ2n) is 4.48. The smallest absolute Gasteiger partial charge is 0.146 e. The summed E-state index contributed by atoms with van der Waals surface area (Å²) in [5, 5.41) is 12.1. The van der Waals surface area contributed by atoms with Crippen molar-refractivity contribution in [3.8, 4) is 6.07 Å². The molecule has 0 aromatic heterocycles. The SMILES string of the molecule is CC1CN(c2ccccc2F)CC(CC#N)N1. The van der Waals surface area contributed by atoms with Gasteiger partial charge in [0.1, 0.15) is 5.82 Å². The number of hydrogen-bond donors (Lipinski definition) is 1. The van der Waals surface area contributed by atoms with Crippen LogP contribution in [0, 0.1) is 17.1 Å². The number of nitrogens with zero attached hydrogens (tertiary/aromatic N) is 2. The van der Waals surface area contributed by atoms with Gasteiger partial charge in [-0.05, 0) is 19.1 Å². The van der Waals surface area contributed by atoms with Crippen molar-refractivity contribution in [1.82, 2.24) is 5.32 Å². The molecule has 0 spiro atoms. The number of hydrogen-bond acceptors (Lipinski definition) is 3. The predicted octanol–water partition coefficient (Wildman–Crippen LogP) is 1.91. The average molecular weight is 233 g/mol. The van der Waals surface area contributed by atoms with Crippen molar-refractivity contribution in [3.63, 3.8) is 0 Å². The molecule has 1 heterocycles. The van der Waals surface area contributed by atoms with E-state index in [0.29, 0.717) is 18.7 Å². The van der Waals surface area contributed by atoms with Gasteiger partial charge >= 0.3 is 0 Å². The highest BCUT2D eigenvalue weighted by Gasteiger charge is 2.25. The van der Waals surface area contributed by atoms with Gasteiger partial charge < -0.3 is 10.2 Å². The van der Waals surface area contributed by atoms with Crippen LogP contribution < -0.4 is 10.2 Å². The number of anilines is 1. The monoisotopic (exact) mass is 233 g/mol. The molecule has 17 heavy (non-hydrogen) atoms. The van der Waals surface area contributed by atoms with E-state index in [2.05, 4.69) is 18.3 Å². The summed E-state index contributed by atoms with van der Waals surface area (Å²) in [5.41, 5.74) is 0.629. The lowest BCUT2D eigenvalue weighted by Gasteiger charge is -2.38. The van der Waals surface area contributed by atoms with Gasteiger partial charge in [-0.3, -0.25) is 0 Å². The normalized spacial score (nSPS) is 24.4. The molecule has 4 heteroatoms. The molecule has 1 aromatic carbocycles. The summed E-state index contributed by atoms with van der Waals surface area (Å²) in [7, 11) is 0. The maximum absolute atomic E-state index is 13.7. The summed E-state index contributed by atoms with van der Waals surface area (Å²) >= 11 is 0. The fourth-order valence-corrected chi connectivity index (χ4v) is 2.32. The Kier molecular flexibility index (Phi) is 3.60. The molecule has 2 unspecified atom stereocenters. The fourth-order valence-electron chi connectivity index (χ4n) is 2.32. The van der Waals surface area contributed by atoms with Crippen LogP contribution in [0.3, 0.4) is 0 Å². The quantitative estimate of drug-likeness (QED) is 0.848. The van der Waals surface area contributed by atoms with Gasteiger partial charge in [0, 0.05) is 25.2 Å². The van der Waals surface area contributed by atoms with E-state index in [4.69, 9.17) is 5.26 Å². The maximum atomic E-state index is 13.7. The van der Waals surface area contributed by atoms with E-state index in [1.165, 1.54) is 6.07 Å². The summed E-state index contributed by atoms with van der Waals surface area (Å²) in [6.07, 6.45) is 0.454. The van der Waals surface area contributed by atoms with Crippen molar-refractivity contribution in [1.29, 1.82) is 5.26 Å². The zero-order valence-corrected chi connectivity index (χ0v) is 9.86. The van der Waals surface area contributed by atoms with Crippen molar-refractivity contribution in [2.24, 2.45) is 0 Å². The Morgan fingerprint density at radius 1 is 1.47 bits per heavy atom. The number of benzene rings is 1. The predicted molar refractivity (Wildman–Crippen MR) is 65.2 cm³/mol. The topological polar surface area (TPSA) is 39.1 Å². The van der Waals surface area contributed by atoms with E-state index in [0.717, 1.165) is 6.54 Å². The minimum Gasteiger partial charge on any atom is -0.366 e. The molecule has 0 radical (unpaired) electrons. The molecule has 1 N–H and O–H groups in total. The van der Waals surface area contributed by atoms with Gasteiger partial charge in [0.25, 0.3) is 0 Å². The minimum atomic E-state index is -0.197. The standard InChI is InChI=1S/C13H16FN3/c1-10-8-17(9-11(16-10)6-7-15)13-5-3-2-4-12(13)14/h2-5,10-11,16H,6,8-9H2,1H3. The van der Waals surface area contributed by atoms with Crippen molar-refractivity contribution < 1.29 is 4.39 Å². The Balaban J connectivity index is 2.16. The third-order valence-electron chi connectivity index (χ3n) is 2.99. The Hall–Kier alpha value is -1.60. The zero-order chi connectivity index (χ0) is 12.3. The summed E-state index contributed by atoms with van der Waals surface area (Å²) in [5.74, 6) is -0.197. The molecule has 0 aliphatic carbocycles. The zero-order valence-electron chi connectivity index (χ0n) is 9.86. The Morgan fingerprint density at radius 2 is 2.24 bits per heavy atom. The molecule has 2 rings (SSSR count). The van der Waals surface area contributed by atoms with Crippen molar-refractivity contribution in [3.05, 3.63) is 30.1 Å². The molecule has 1 aromatic rings. The molecule has 0 amide bonds. The van der Waals surface area contributed by atoms with Crippen LogP contribution in [0.15, 0.2) is 24.3 Å². The fraction of sp³-hybridized carbons (Fsp3) is 0.462. The largest absolute Gasteiger partial charge is 0.366 e. The highest BCUT2D eigenvalue weighted by atomic mass is 19.1. The molecular formula is C13H16FN3. The molecule has 1 aliphatic heterocycles. The molecule has 0 saturated carbocycles. The average Bonchev–Trinajstić information content (AvgIpc) is 2.29. The number of nitrogens with one attached hydrogen (secondary N) is 1. The van der Waals surface area contributed by atoms with E-state index in [1.807, 2.05) is 11.0 Å². The van der Waals surface area contributed by atoms with Crippen LogP contribution in [0.1, 0.15) is 13.3 Å². The van der Waals surface area contributed by atoms with E-state index in [9.17, 15) is 4.39 Å². The lowest BCUT2D eigenvalue weighted by atomic mass is 10.1. The molecule has 90 valence electrons. The summed E-state index contributed by atoms with van der Waals surface area (Å²) in [4.78, 5) is 2.01. The number of halogens is 1. The molecule has 2 atom stereocenters. The second kappa shape index (κ2) is 5.15. The van der Waals surface area contributed by atoms with Crippen LogP contribution in [-0.2, 0) is 0 Å². The van der Waals surface area contributed by atoms with Gasteiger partial charge in [-0.2, -0.15) is 5.26 Å². The Labute approximate surface area is 101 Å². The second-order valence-corrected chi connectivity index (χ2v) is 4.48. The van der Waals surface area contributed by atoms with Crippen molar-refractivity contribution in [2.75, 3.05) is 18.0 Å². The van der Waals surface area contributed by atoms with Crippen LogP contribution in [0.4, 0.5) is 10.1 Å². The maximum Gasteiger partial charge on any atom is 0.146 e. The first kappa shape index (κ1) is 11.9. The van der Waals surface area contributed by atoms with Crippen LogP contribution in [0.25, 0.3) is 0 Å². The Bertz CT molecular complexity index is 427. The van der Waals surface area contributed by atoms with Gasteiger partial charge in [-0.15, -0.1) is 0 Å². The molecule has 1 saturated heterocycles. The van der Waals surface area contributed by atoms with Crippen LogP contribution in [-0.4, -0.2) is 25.2 Å². The van der Waals surface area contributed by atoms with Crippen molar-refractivity contribution in [2.45, 2.75) is 25.4 Å².